The first-order valence-corrected chi connectivity index (χ1v) is 8.77. The molecule has 0 aliphatic rings. The monoisotopic (exact) mass is 307 g/mol. The van der Waals surface area contributed by atoms with Gasteiger partial charge in [-0.15, -0.1) is 0 Å². The SMILES string of the molecule is CCCCCCCCc1ccc(C(N)CC(CO)CO)cc1. The third kappa shape index (κ3) is 7.39. The molecule has 0 amide bonds. The fourth-order valence-electron chi connectivity index (χ4n) is 2.74. The van der Waals surface area contributed by atoms with E-state index in [4.69, 9.17) is 15.9 Å². The summed E-state index contributed by atoms with van der Waals surface area (Å²) in [5, 5.41) is 18.2. The number of aryl methyl sites for hydroxylation is 1. The van der Waals surface area contributed by atoms with Crippen LogP contribution in [0.3, 0.4) is 0 Å². The lowest BCUT2D eigenvalue weighted by Gasteiger charge is -2.17. The van der Waals surface area contributed by atoms with E-state index in [0.29, 0.717) is 6.42 Å². The number of unbranched alkanes of at least 4 members (excludes halogenated alkanes) is 5. The summed E-state index contributed by atoms with van der Waals surface area (Å²) in [7, 11) is 0. The largest absolute Gasteiger partial charge is 0.396 e. The van der Waals surface area contributed by atoms with Crippen LogP contribution in [0.5, 0.6) is 0 Å². The summed E-state index contributed by atoms with van der Waals surface area (Å²) >= 11 is 0. The quantitative estimate of drug-likeness (QED) is 0.517. The minimum atomic E-state index is -0.127. The Kier molecular flexibility index (Phi) is 10.1. The van der Waals surface area contributed by atoms with Gasteiger partial charge >= 0.3 is 0 Å². The first-order chi connectivity index (χ1) is 10.7. The molecule has 1 aromatic rings. The van der Waals surface area contributed by atoms with Crippen molar-refractivity contribution in [2.24, 2.45) is 11.7 Å². The van der Waals surface area contributed by atoms with Crippen molar-refractivity contribution in [1.29, 1.82) is 0 Å². The molecule has 22 heavy (non-hydrogen) atoms. The summed E-state index contributed by atoms with van der Waals surface area (Å²) in [6.07, 6.45) is 9.69. The Morgan fingerprint density at radius 1 is 0.909 bits per heavy atom. The van der Waals surface area contributed by atoms with Crippen LogP contribution in [-0.4, -0.2) is 23.4 Å². The number of aliphatic hydroxyl groups excluding tert-OH is 2. The zero-order valence-electron chi connectivity index (χ0n) is 14.0. The number of benzene rings is 1. The van der Waals surface area contributed by atoms with E-state index in [0.717, 1.165) is 12.0 Å². The molecule has 0 aliphatic heterocycles. The maximum absolute atomic E-state index is 9.12. The third-order valence-corrected chi connectivity index (χ3v) is 4.33. The smallest absolute Gasteiger partial charge is 0.0481 e. The molecule has 0 bridgehead atoms. The Hall–Kier alpha value is -0.900. The van der Waals surface area contributed by atoms with E-state index in [1.165, 1.54) is 44.1 Å². The molecule has 1 rings (SSSR count). The summed E-state index contributed by atoms with van der Waals surface area (Å²) in [4.78, 5) is 0. The van der Waals surface area contributed by atoms with Gasteiger partial charge in [-0.05, 0) is 30.4 Å². The van der Waals surface area contributed by atoms with Crippen LogP contribution in [0.2, 0.25) is 0 Å². The Balaban J connectivity index is 2.33. The molecule has 0 fully saturated rings. The number of hydrogen-bond donors (Lipinski definition) is 3. The van der Waals surface area contributed by atoms with E-state index in [2.05, 4.69) is 31.2 Å². The second-order valence-corrected chi connectivity index (χ2v) is 6.33. The molecule has 0 aliphatic carbocycles. The summed E-state index contributed by atoms with van der Waals surface area (Å²) in [6.45, 7) is 2.22. The zero-order valence-corrected chi connectivity index (χ0v) is 14.0. The molecule has 0 saturated carbocycles. The van der Waals surface area contributed by atoms with Gasteiger partial charge in [0.05, 0.1) is 0 Å². The van der Waals surface area contributed by atoms with Crippen molar-refractivity contribution in [2.45, 2.75) is 64.3 Å². The van der Waals surface area contributed by atoms with Crippen LogP contribution in [0.1, 0.15) is 69.0 Å². The Morgan fingerprint density at radius 3 is 2.09 bits per heavy atom. The van der Waals surface area contributed by atoms with Gasteiger partial charge in [-0.1, -0.05) is 63.3 Å². The molecule has 4 N–H and O–H groups in total. The molecule has 126 valence electrons. The minimum Gasteiger partial charge on any atom is -0.396 e. The molecular formula is C19H33NO2. The van der Waals surface area contributed by atoms with Crippen molar-refractivity contribution < 1.29 is 10.2 Å². The summed E-state index contributed by atoms with van der Waals surface area (Å²) in [5.41, 5.74) is 8.59. The second kappa shape index (κ2) is 11.6. The van der Waals surface area contributed by atoms with Crippen LogP contribution in [-0.2, 0) is 6.42 Å². The summed E-state index contributed by atoms with van der Waals surface area (Å²) in [6, 6.07) is 8.38. The molecule has 3 nitrogen and oxygen atoms in total. The number of nitrogens with two attached hydrogens (primary N) is 1. The number of aliphatic hydroxyl groups is 2. The Labute approximate surface area is 135 Å². The molecule has 1 unspecified atom stereocenters. The van der Waals surface area contributed by atoms with E-state index in [1.807, 2.05) is 0 Å². The predicted molar refractivity (Wildman–Crippen MR) is 92.7 cm³/mol. The highest BCUT2D eigenvalue weighted by Gasteiger charge is 2.13. The average Bonchev–Trinajstić information content (AvgIpc) is 2.56. The van der Waals surface area contributed by atoms with E-state index >= 15 is 0 Å². The van der Waals surface area contributed by atoms with Gasteiger partial charge in [0, 0.05) is 25.2 Å². The predicted octanol–water partition coefficient (Wildman–Crippen LogP) is 3.58. The van der Waals surface area contributed by atoms with Crippen molar-refractivity contribution >= 4 is 0 Å². The van der Waals surface area contributed by atoms with Crippen molar-refractivity contribution in [3.8, 4) is 0 Å². The Morgan fingerprint density at radius 2 is 1.50 bits per heavy atom. The lowest BCUT2D eigenvalue weighted by Crippen LogP contribution is -2.20. The van der Waals surface area contributed by atoms with Crippen LogP contribution in [0.15, 0.2) is 24.3 Å². The van der Waals surface area contributed by atoms with Crippen LogP contribution in [0, 0.1) is 5.92 Å². The zero-order chi connectivity index (χ0) is 16.2. The maximum atomic E-state index is 9.12. The van der Waals surface area contributed by atoms with E-state index in [9.17, 15) is 0 Å². The lowest BCUT2D eigenvalue weighted by atomic mass is 9.95. The molecule has 3 heteroatoms. The average molecular weight is 307 g/mol. The standard InChI is InChI=1S/C19H33NO2/c1-2-3-4-5-6-7-8-16-9-11-18(12-10-16)19(20)13-17(14-21)15-22/h9-12,17,19,21-22H,2-8,13-15,20H2,1H3. The molecular weight excluding hydrogens is 274 g/mol. The fourth-order valence-corrected chi connectivity index (χ4v) is 2.74. The van der Waals surface area contributed by atoms with Crippen molar-refractivity contribution in [2.75, 3.05) is 13.2 Å². The normalized spacial score (nSPS) is 12.8. The van der Waals surface area contributed by atoms with Crippen LogP contribution in [0.4, 0.5) is 0 Å². The molecule has 0 spiro atoms. The maximum Gasteiger partial charge on any atom is 0.0481 e. The van der Waals surface area contributed by atoms with Crippen molar-refractivity contribution in [1.82, 2.24) is 0 Å². The van der Waals surface area contributed by atoms with Gasteiger partial charge in [0.1, 0.15) is 0 Å². The molecule has 1 aromatic carbocycles. The second-order valence-electron chi connectivity index (χ2n) is 6.33. The van der Waals surface area contributed by atoms with Gasteiger partial charge < -0.3 is 15.9 Å². The molecule has 0 aromatic heterocycles. The minimum absolute atomic E-state index is 0.0136. The van der Waals surface area contributed by atoms with Crippen LogP contribution >= 0.6 is 0 Å². The van der Waals surface area contributed by atoms with Crippen LogP contribution in [0.25, 0.3) is 0 Å². The van der Waals surface area contributed by atoms with E-state index in [-0.39, 0.29) is 25.2 Å². The number of rotatable bonds is 12. The summed E-state index contributed by atoms with van der Waals surface area (Å²) < 4.78 is 0. The first kappa shape index (κ1) is 19.1. The van der Waals surface area contributed by atoms with E-state index in [1.54, 1.807) is 0 Å². The van der Waals surface area contributed by atoms with Gasteiger partial charge in [0.25, 0.3) is 0 Å². The molecule has 0 radical (unpaired) electrons. The number of hydrogen-bond acceptors (Lipinski definition) is 3. The lowest BCUT2D eigenvalue weighted by molar-refractivity contribution is 0.138. The highest BCUT2D eigenvalue weighted by atomic mass is 16.3. The summed E-state index contributed by atoms with van der Waals surface area (Å²) in [5.74, 6) is -0.127. The molecule has 0 heterocycles. The topological polar surface area (TPSA) is 66.5 Å². The fraction of sp³-hybridized carbons (Fsp3) is 0.684. The van der Waals surface area contributed by atoms with Crippen LogP contribution < -0.4 is 5.73 Å². The van der Waals surface area contributed by atoms with Crippen molar-refractivity contribution in [3.63, 3.8) is 0 Å². The van der Waals surface area contributed by atoms with E-state index < -0.39 is 0 Å². The Bertz CT molecular complexity index is 374. The van der Waals surface area contributed by atoms with Gasteiger partial charge in [-0.3, -0.25) is 0 Å². The van der Waals surface area contributed by atoms with Crippen molar-refractivity contribution in [3.05, 3.63) is 35.4 Å². The third-order valence-electron chi connectivity index (χ3n) is 4.33. The van der Waals surface area contributed by atoms with Gasteiger partial charge in [-0.2, -0.15) is 0 Å². The highest BCUT2D eigenvalue weighted by Crippen LogP contribution is 2.20. The highest BCUT2D eigenvalue weighted by molar-refractivity contribution is 5.25. The van der Waals surface area contributed by atoms with Gasteiger partial charge in [0.15, 0.2) is 0 Å². The molecule has 0 saturated heterocycles. The van der Waals surface area contributed by atoms with Gasteiger partial charge in [0.2, 0.25) is 0 Å². The first-order valence-electron chi connectivity index (χ1n) is 8.77. The molecule has 1 atom stereocenters. The van der Waals surface area contributed by atoms with Gasteiger partial charge in [-0.25, -0.2) is 0 Å².